The maximum atomic E-state index is 13.6. The number of nitro groups is 1. The molecule has 0 saturated carbocycles. The van der Waals surface area contributed by atoms with Gasteiger partial charge in [0, 0.05) is 29.9 Å². The molecule has 5 rings (SSSR count). The zero-order valence-corrected chi connectivity index (χ0v) is 20.6. The summed E-state index contributed by atoms with van der Waals surface area (Å²) in [6.45, 7) is 5.65. The number of hydrogen-bond donors (Lipinski definition) is 1. The van der Waals surface area contributed by atoms with E-state index in [0.717, 1.165) is 5.56 Å². The van der Waals surface area contributed by atoms with Gasteiger partial charge in [-0.05, 0) is 50.1 Å². The summed E-state index contributed by atoms with van der Waals surface area (Å²) in [5.74, 6) is 0.0229. The third-order valence-electron chi connectivity index (χ3n) is 6.12. The van der Waals surface area contributed by atoms with Crippen LogP contribution >= 0.6 is 0 Å². The van der Waals surface area contributed by atoms with E-state index in [1.54, 1.807) is 39.0 Å². The van der Waals surface area contributed by atoms with Crippen molar-refractivity contribution in [3.05, 3.63) is 99.1 Å². The van der Waals surface area contributed by atoms with Crippen molar-refractivity contribution in [2.45, 2.75) is 39.0 Å². The average Bonchev–Trinajstić information content (AvgIpc) is 3.32. The van der Waals surface area contributed by atoms with E-state index < -0.39 is 22.5 Å². The smallest absolute Gasteiger partial charge is 0.340 e. The highest BCUT2D eigenvalue weighted by molar-refractivity contribution is 6.02. The molecule has 3 aromatic carbocycles. The van der Waals surface area contributed by atoms with E-state index in [-0.39, 0.29) is 29.4 Å². The van der Waals surface area contributed by atoms with Gasteiger partial charge in [0.1, 0.15) is 16.9 Å². The molecular formula is C28H26N2O7. The number of aliphatic hydroxyl groups is 1. The lowest BCUT2D eigenvalue weighted by atomic mass is 9.87. The molecule has 1 unspecified atom stereocenters. The predicted molar refractivity (Wildman–Crippen MR) is 136 cm³/mol. The fourth-order valence-corrected chi connectivity index (χ4v) is 4.57. The number of aliphatic hydroxyl groups excluding tert-OH is 1. The van der Waals surface area contributed by atoms with Crippen LogP contribution in [0.4, 0.5) is 11.4 Å². The Hall–Kier alpha value is -4.53. The van der Waals surface area contributed by atoms with E-state index in [9.17, 15) is 20.0 Å². The van der Waals surface area contributed by atoms with E-state index in [0.29, 0.717) is 29.3 Å². The molecule has 1 atom stereocenters. The molecule has 0 aliphatic carbocycles. The maximum absolute atomic E-state index is 13.6. The maximum Gasteiger partial charge on any atom is 0.340 e. The SMILES string of the molecule is CC(C)(C)OC(=O)C1=C(O)c2cc([N+](=O)[O-])ccc2N(Cc2ccccc2)C1c1ccc2c(c1)OCO2. The standard InChI is InChI=1S/C28H26N2O7/c1-28(2,3)37-27(32)24-25(18-9-12-22-23(13-18)36-16-35-22)29(15-17-7-5-4-6-8-17)21-11-10-19(30(33)34)14-20(21)26(24)31/h4-14,25,31H,15-16H2,1-3H3. The number of ether oxygens (including phenoxy) is 3. The fraction of sp³-hybridized carbons (Fsp3) is 0.250. The number of carbonyl (C=O) groups excluding carboxylic acids is 1. The molecule has 0 fully saturated rings. The minimum absolute atomic E-state index is 0.0160. The van der Waals surface area contributed by atoms with Gasteiger partial charge >= 0.3 is 5.97 Å². The van der Waals surface area contributed by atoms with E-state index in [1.807, 2.05) is 41.3 Å². The van der Waals surface area contributed by atoms with Crippen LogP contribution in [-0.4, -0.2) is 28.4 Å². The molecule has 9 heteroatoms. The van der Waals surface area contributed by atoms with Crippen molar-refractivity contribution in [2.24, 2.45) is 0 Å². The van der Waals surface area contributed by atoms with Gasteiger partial charge in [0.25, 0.3) is 5.69 Å². The summed E-state index contributed by atoms with van der Waals surface area (Å²) in [5, 5.41) is 23.0. The highest BCUT2D eigenvalue weighted by Crippen LogP contribution is 2.48. The lowest BCUT2D eigenvalue weighted by Crippen LogP contribution is -2.38. The van der Waals surface area contributed by atoms with Crippen molar-refractivity contribution in [2.75, 3.05) is 11.7 Å². The van der Waals surface area contributed by atoms with Gasteiger partial charge in [-0.1, -0.05) is 36.4 Å². The van der Waals surface area contributed by atoms with E-state index in [2.05, 4.69) is 0 Å². The molecule has 0 bridgehead atoms. The number of anilines is 1. The van der Waals surface area contributed by atoms with Crippen LogP contribution in [0.2, 0.25) is 0 Å². The number of carbonyl (C=O) groups is 1. The van der Waals surface area contributed by atoms with Gasteiger partial charge in [0.2, 0.25) is 6.79 Å². The fourth-order valence-electron chi connectivity index (χ4n) is 4.57. The molecule has 3 aromatic rings. The third-order valence-corrected chi connectivity index (χ3v) is 6.12. The summed E-state index contributed by atoms with van der Waals surface area (Å²) in [6.07, 6.45) is 0. The molecule has 0 spiro atoms. The van der Waals surface area contributed by atoms with Crippen LogP contribution in [0.1, 0.15) is 43.5 Å². The number of nitro benzene ring substituents is 1. The van der Waals surface area contributed by atoms with Crippen LogP contribution in [0.3, 0.4) is 0 Å². The Morgan fingerprint density at radius 1 is 1.08 bits per heavy atom. The van der Waals surface area contributed by atoms with E-state index >= 15 is 0 Å². The van der Waals surface area contributed by atoms with E-state index in [1.165, 1.54) is 12.1 Å². The van der Waals surface area contributed by atoms with Gasteiger partial charge in [-0.25, -0.2) is 4.79 Å². The monoisotopic (exact) mass is 502 g/mol. The topological polar surface area (TPSA) is 111 Å². The predicted octanol–water partition coefficient (Wildman–Crippen LogP) is 5.70. The second-order valence-corrected chi connectivity index (χ2v) is 9.85. The van der Waals surface area contributed by atoms with Crippen molar-refractivity contribution in [1.29, 1.82) is 0 Å². The molecule has 2 aliphatic rings. The minimum atomic E-state index is -0.836. The van der Waals surface area contributed by atoms with Crippen LogP contribution in [0.15, 0.2) is 72.3 Å². The Labute approximate surface area is 213 Å². The molecule has 190 valence electrons. The lowest BCUT2D eigenvalue weighted by molar-refractivity contribution is -0.384. The molecule has 37 heavy (non-hydrogen) atoms. The molecule has 1 N–H and O–H groups in total. The Balaban J connectivity index is 1.74. The van der Waals surface area contributed by atoms with Crippen molar-refractivity contribution in [1.82, 2.24) is 0 Å². The summed E-state index contributed by atoms with van der Waals surface area (Å²) in [7, 11) is 0. The van der Waals surface area contributed by atoms with Crippen molar-refractivity contribution in [3.63, 3.8) is 0 Å². The number of nitrogens with zero attached hydrogens (tertiary/aromatic N) is 2. The highest BCUT2D eigenvalue weighted by atomic mass is 16.7. The first-order chi connectivity index (χ1) is 17.6. The Kier molecular flexibility index (Phi) is 5.99. The molecular weight excluding hydrogens is 476 g/mol. The second-order valence-electron chi connectivity index (χ2n) is 9.85. The van der Waals surface area contributed by atoms with Crippen LogP contribution in [0, 0.1) is 10.1 Å². The molecule has 0 radical (unpaired) electrons. The third kappa shape index (κ3) is 4.67. The number of benzene rings is 3. The van der Waals surface area contributed by atoms with Crippen LogP contribution in [0.5, 0.6) is 11.5 Å². The lowest BCUT2D eigenvalue weighted by Gasteiger charge is -2.40. The molecule has 2 heterocycles. The number of esters is 1. The second kappa shape index (κ2) is 9.16. The van der Waals surface area contributed by atoms with Crippen molar-refractivity contribution in [3.8, 4) is 11.5 Å². The summed E-state index contributed by atoms with van der Waals surface area (Å²) < 4.78 is 16.8. The largest absolute Gasteiger partial charge is 0.507 e. The van der Waals surface area contributed by atoms with Crippen LogP contribution < -0.4 is 14.4 Å². The summed E-state index contributed by atoms with van der Waals surface area (Å²) >= 11 is 0. The summed E-state index contributed by atoms with van der Waals surface area (Å²) in [4.78, 5) is 26.6. The first-order valence-electron chi connectivity index (χ1n) is 11.8. The quantitative estimate of drug-likeness (QED) is 0.269. The zero-order chi connectivity index (χ0) is 26.3. The zero-order valence-electron chi connectivity index (χ0n) is 20.6. The Morgan fingerprint density at radius 3 is 2.51 bits per heavy atom. The van der Waals surface area contributed by atoms with Crippen molar-refractivity contribution < 1.29 is 29.0 Å². The summed E-state index contributed by atoms with van der Waals surface area (Å²) in [5.41, 5.74) is 1.29. The molecule has 9 nitrogen and oxygen atoms in total. The molecule has 0 aromatic heterocycles. The number of rotatable bonds is 5. The normalized spacial score (nSPS) is 16.4. The Bertz CT molecular complexity index is 1410. The number of hydrogen-bond acceptors (Lipinski definition) is 8. The van der Waals surface area contributed by atoms with Gasteiger partial charge in [-0.2, -0.15) is 0 Å². The number of fused-ring (bicyclic) bond motifs is 2. The first-order valence-corrected chi connectivity index (χ1v) is 11.8. The highest BCUT2D eigenvalue weighted by Gasteiger charge is 2.41. The van der Waals surface area contributed by atoms with Crippen LogP contribution in [-0.2, 0) is 16.1 Å². The summed E-state index contributed by atoms with van der Waals surface area (Å²) in [6, 6.07) is 18.5. The first kappa shape index (κ1) is 24.2. The van der Waals surface area contributed by atoms with E-state index in [4.69, 9.17) is 14.2 Å². The van der Waals surface area contributed by atoms with Gasteiger partial charge in [-0.3, -0.25) is 10.1 Å². The van der Waals surface area contributed by atoms with Crippen LogP contribution in [0.25, 0.3) is 5.76 Å². The van der Waals surface area contributed by atoms with Gasteiger partial charge in [0.05, 0.1) is 11.0 Å². The van der Waals surface area contributed by atoms with Crippen molar-refractivity contribution >= 4 is 23.1 Å². The molecule has 2 aliphatic heterocycles. The minimum Gasteiger partial charge on any atom is -0.507 e. The van der Waals surface area contributed by atoms with Gasteiger partial charge in [0.15, 0.2) is 11.5 Å². The molecule has 0 saturated heterocycles. The number of non-ortho nitro benzene ring substituents is 1. The Morgan fingerprint density at radius 2 is 1.81 bits per heavy atom. The average molecular weight is 503 g/mol. The van der Waals surface area contributed by atoms with Gasteiger partial charge < -0.3 is 24.2 Å². The molecule has 0 amide bonds. The van der Waals surface area contributed by atoms with Gasteiger partial charge in [-0.15, -0.1) is 0 Å².